The molecule has 3 rings (SSSR count). The molecule has 0 aliphatic heterocycles. The first kappa shape index (κ1) is 14.1. The average Bonchev–Trinajstić information content (AvgIpc) is 2.55. The molecule has 0 aliphatic carbocycles. The molecule has 0 unspecified atom stereocenters. The lowest BCUT2D eigenvalue weighted by atomic mass is 10.0. The average molecular weight is 294 g/mol. The van der Waals surface area contributed by atoms with Crippen molar-refractivity contribution < 1.29 is 14.3 Å². The summed E-state index contributed by atoms with van der Waals surface area (Å²) in [6, 6.07) is 12.1. The number of rotatable bonds is 3. The summed E-state index contributed by atoms with van der Waals surface area (Å²) in [6.45, 7) is 1.89. The molecule has 0 spiro atoms. The molecule has 110 valence electrons. The van der Waals surface area contributed by atoms with Crippen molar-refractivity contribution in [1.82, 2.24) is 0 Å². The summed E-state index contributed by atoms with van der Waals surface area (Å²) >= 11 is 0. The second-order valence-corrected chi connectivity index (χ2v) is 4.95. The Hall–Kier alpha value is -2.88. The van der Waals surface area contributed by atoms with Crippen molar-refractivity contribution in [3.05, 3.63) is 64.0 Å². The molecule has 1 N–H and O–H groups in total. The van der Waals surface area contributed by atoms with Gasteiger partial charge in [-0.1, -0.05) is 43.3 Å². The number of aromatic hydroxyl groups is 1. The van der Waals surface area contributed by atoms with Gasteiger partial charge >= 0.3 is 0 Å². The summed E-state index contributed by atoms with van der Waals surface area (Å²) < 4.78 is 5.53. The molecule has 0 aliphatic rings. The van der Waals surface area contributed by atoms with Gasteiger partial charge in [-0.15, -0.1) is 0 Å². The Labute approximate surface area is 126 Å². The molecular formula is C18H14O4. The molecule has 4 nitrogen and oxygen atoms in total. The third-order valence-electron chi connectivity index (χ3n) is 3.69. The third-order valence-corrected chi connectivity index (χ3v) is 3.69. The van der Waals surface area contributed by atoms with E-state index >= 15 is 0 Å². The van der Waals surface area contributed by atoms with E-state index in [9.17, 15) is 14.7 Å². The molecular weight excluding hydrogens is 280 g/mol. The van der Waals surface area contributed by atoms with Crippen LogP contribution in [0.3, 0.4) is 0 Å². The van der Waals surface area contributed by atoms with Crippen LogP contribution in [0.25, 0.3) is 22.1 Å². The lowest BCUT2D eigenvalue weighted by Gasteiger charge is -2.09. The molecule has 0 saturated heterocycles. The summed E-state index contributed by atoms with van der Waals surface area (Å²) in [6.07, 6.45) is 1.12. The van der Waals surface area contributed by atoms with E-state index in [1.165, 1.54) is 0 Å². The number of phenols is 1. The number of hydrogen-bond donors (Lipinski definition) is 1. The molecule has 0 radical (unpaired) electrons. The van der Waals surface area contributed by atoms with Crippen LogP contribution in [0.4, 0.5) is 0 Å². The minimum Gasteiger partial charge on any atom is -0.507 e. The zero-order valence-corrected chi connectivity index (χ0v) is 12.0. The fourth-order valence-electron chi connectivity index (χ4n) is 2.57. The van der Waals surface area contributed by atoms with Crippen LogP contribution in [0.5, 0.6) is 5.75 Å². The zero-order chi connectivity index (χ0) is 15.7. The second kappa shape index (κ2) is 5.48. The van der Waals surface area contributed by atoms with Crippen molar-refractivity contribution in [3.8, 4) is 16.9 Å². The van der Waals surface area contributed by atoms with Crippen molar-refractivity contribution in [2.75, 3.05) is 0 Å². The minimum absolute atomic E-state index is 0.0349. The van der Waals surface area contributed by atoms with E-state index in [1.54, 1.807) is 36.4 Å². The second-order valence-electron chi connectivity index (χ2n) is 4.95. The third kappa shape index (κ3) is 2.09. The number of phenolic OH excluding ortho intramolecular Hbond substituents is 1. The van der Waals surface area contributed by atoms with Gasteiger partial charge in [-0.2, -0.15) is 0 Å². The first-order valence-corrected chi connectivity index (χ1v) is 6.99. The van der Waals surface area contributed by atoms with E-state index in [1.807, 2.05) is 13.0 Å². The molecule has 0 saturated carbocycles. The first-order chi connectivity index (χ1) is 10.7. The molecule has 0 amide bonds. The SMILES string of the molecule is CCc1ccc2oc(C=O)c(-c3ccccc3)c(=O)c2c1O. The van der Waals surface area contributed by atoms with Crippen LogP contribution in [0, 0.1) is 0 Å². The maximum absolute atomic E-state index is 12.8. The fourth-order valence-corrected chi connectivity index (χ4v) is 2.57. The smallest absolute Gasteiger partial charge is 0.205 e. The lowest BCUT2D eigenvalue weighted by molar-refractivity contribution is 0.110. The van der Waals surface area contributed by atoms with Crippen LogP contribution < -0.4 is 5.43 Å². The Morgan fingerprint density at radius 1 is 1.14 bits per heavy atom. The normalized spacial score (nSPS) is 10.8. The largest absolute Gasteiger partial charge is 0.507 e. The van der Waals surface area contributed by atoms with Gasteiger partial charge in [-0.3, -0.25) is 9.59 Å². The Morgan fingerprint density at radius 2 is 1.86 bits per heavy atom. The predicted octanol–water partition coefficient (Wildman–Crippen LogP) is 3.54. The van der Waals surface area contributed by atoms with Crippen LogP contribution in [-0.4, -0.2) is 11.4 Å². The molecule has 1 aromatic heterocycles. The number of carbonyl (C=O) groups excluding carboxylic acids is 1. The van der Waals surface area contributed by atoms with Crippen molar-refractivity contribution in [3.63, 3.8) is 0 Å². The molecule has 0 fully saturated rings. The summed E-state index contributed by atoms with van der Waals surface area (Å²) in [7, 11) is 0. The van der Waals surface area contributed by atoms with Crippen molar-refractivity contribution in [2.45, 2.75) is 13.3 Å². The van der Waals surface area contributed by atoms with Crippen molar-refractivity contribution in [2.24, 2.45) is 0 Å². The van der Waals surface area contributed by atoms with Crippen LogP contribution in [0.2, 0.25) is 0 Å². The number of carbonyl (C=O) groups is 1. The van der Waals surface area contributed by atoms with E-state index in [2.05, 4.69) is 0 Å². The van der Waals surface area contributed by atoms with Gasteiger partial charge in [0.1, 0.15) is 16.7 Å². The minimum atomic E-state index is -0.401. The summed E-state index contributed by atoms with van der Waals surface area (Å²) in [5, 5.41) is 10.4. The van der Waals surface area contributed by atoms with Gasteiger partial charge < -0.3 is 9.52 Å². The Bertz CT molecular complexity index is 908. The van der Waals surface area contributed by atoms with Gasteiger partial charge in [-0.05, 0) is 23.6 Å². The molecule has 22 heavy (non-hydrogen) atoms. The first-order valence-electron chi connectivity index (χ1n) is 6.99. The highest BCUT2D eigenvalue weighted by molar-refractivity contribution is 5.93. The van der Waals surface area contributed by atoms with E-state index in [-0.39, 0.29) is 28.0 Å². The Morgan fingerprint density at radius 3 is 2.50 bits per heavy atom. The van der Waals surface area contributed by atoms with Crippen LogP contribution in [0.1, 0.15) is 23.0 Å². The zero-order valence-electron chi connectivity index (χ0n) is 12.0. The van der Waals surface area contributed by atoms with E-state index in [0.29, 0.717) is 23.8 Å². The van der Waals surface area contributed by atoms with Gasteiger partial charge in [0, 0.05) is 0 Å². The highest BCUT2D eigenvalue weighted by Gasteiger charge is 2.19. The Balaban J connectivity index is 2.46. The van der Waals surface area contributed by atoms with Gasteiger partial charge in [0.05, 0.1) is 5.56 Å². The molecule has 3 aromatic rings. The number of aldehydes is 1. The van der Waals surface area contributed by atoms with Gasteiger partial charge in [0.15, 0.2) is 12.0 Å². The lowest BCUT2D eigenvalue weighted by Crippen LogP contribution is -2.09. The van der Waals surface area contributed by atoms with Gasteiger partial charge in [0.25, 0.3) is 0 Å². The summed E-state index contributed by atoms with van der Waals surface area (Å²) in [5.74, 6) is -0.115. The quantitative estimate of drug-likeness (QED) is 0.750. The molecule has 4 heteroatoms. The van der Waals surface area contributed by atoms with E-state index < -0.39 is 5.43 Å². The number of benzene rings is 2. The summed E-state index contributed by atoms with van der Waals surface area (Å²) in [5.41, 5.74) is 1.23. The van der Waals surface area contributed by atoms with Crippen molar-refractivity contribution in [1.29, 1.82) is 0 Å². The molecule has 2 aromatic carbocycles. The highest BCUT2D eigenvalue weighted by Crippen LogP contribution is 2.30. The van der Waals surface area contributed by atoms with E-state index in [0.717, 1.165) is 0 Å². The monoisotopic (exact) mass is 294 g/mol. The highest BCUT2D eigenvalue weighted by atomic mass is 16.3. The molecule has 0 bridgehead atoms. The standard InChI is InChI=1S/C18H14O4/c1-2-11-8-9-13-16(17(11)20)18(21)15(14(10-19)22-13)12-6-4-3-5-7-12/h3-10,20H,2H2,1H3. The van der Waals surface area contributed by atoms with Crippen molar-refractivity contribution >= 4 is 17.3 Å². The number of fused-ring (bicyclic) bond motifs is 1. The topological polar surface area (TPSA) is 67.5 Å². The summed E-state index contributed by atoms with van der Waals surface area (Å²) in [4.78, 5) is 24.1. The number of hydrogen-bond acceptors (Lipinski definition) is 4. The fraction of sp³-hybridized carbons (Fsp3) is 0.111. The molecule has 0 atom stereocenters. The number of aryl methyl sites for hydroxylation is 1. The maximum atomic E-state index is 12.8. The molecule has 1 heterocycles. The van der Waals surface area contributed by atoms with Crippen LogP contribution >= 0.6 is 0 Å². The maximum Gasteiger partial charge on any atom is 0.205 e. The van der Waals surface area contributed by atoms with Gasteiger partial charge in [0.2, 0.25) is 5.43 Å². The van der Waals surface area contributed by atoms with E-state index in [4.69, 9.17) is 4.42 Å². The van der Waals surface area contributed by atoms with Crippen LogP contribution in [-0.2, 0) is 6.42 Å². The van der Waals surface area contributed by atoms with Crippen LogP contribution in [0.15, 0.2) is 51.7 Å². The van der Waals surface area contributed by atoms with Gasteiger partial charge in [-0.25, -0.2) is 0 Å². The predicted molar refractivity (Wildman–Crippen MR) is 84.4 cm³/mol. The Kier molecular flexibility index (Phi) is 3.51.